The Bertz CT molecular complexity index is 707. The minimum atomic E-state index is -0.461. The Morgan fingerprint density at radius 2 is 1.90 bits per heavy atom. The van der Waals surface area contributed by atoms with Crippen molar-refractivity contribution in [2.45, 2.75) is 12.5 Å². The van der Waals surface area contributed by atoms with E-state index in [9.17, 15) is 9.59 Å². The summed E-state index contributed by atoms with van der Waals surface area (Å²) in [5, 5.41) is 3.53. The van der Waals surface area contributed by atoms with Gasteiger partial charge in [-0.1, -0.05) is 0 Å². The molecule has 0 radical (unpaired) electrons. The molecule has 1 heterocycles. The Hall–Kier alpha value is -2.34. The van der Waals surface area contributed by atoms with E-state index < -0.39 is 11.7 Å². The number of carbonyl (C=O) groups excluding carboxylic acids is 1. The van der Waals surface area contributed by atoms with Gasteiger partial charge in [0.15, 0.2) is 11.5 Å². The molecule has 2 aromatic rings. The van der Waals surface area contributed by atoms with Crippen LogP contribution in [0.5, 0.6) is 11.5 Å². The standard InChI is InChI=1S/C15H17NO5/c1-16-11(8-17)5-10-4-9-6-13(19-2)14(20-3)7-12(9)21-15(10)18/h4,6-8,11,16H,5H2,1-3H3. The molecule has 0 aliphatic rings. The maximum atomic E-state index is 12.0. The summed E-state index contributed by atoms with van der Waals surface area (Å²) in [5.41, 5.74) is 0.381. The topological polar surface area (TPSA) is 77.8 Å². The smallest absolute Gasteiger partial charge is 0.339 e. The van der Waals surface area contributed by atoms with Crippen LogP contribution in [0.15, 0.2) is 27.4 Å². The Balaban J connectivity index is 2.53. The summed E-state index contributed by atoms with van der Waals surface area (Å²) >= 11 is 0. The monoisotopic (exact) mass is 291 g/mol. The summed E-state index contributed by atoms with van der Waals surface area (Å²) in [5.74, 6) is 1.03. The highest BCUT2D eigenvalue weighted by Gasteiger charge is 2.13. The van der Waals surface area contributed by atoms with Crippen molar-refractivity contribution in [3.63, 3.8) is 0 Å². The van der Waals surface area contributed by atoms with Gasteiger partial charge in [0.25, 0.3) is 0 Å². The first kappa shape index (κ1) is 15.1. The predicted molar refractivity (Wildman–Crippen MR) is 78.2 cm³/mol. The lowest BCUT2D eigenvalue weighted by Gasteiger charge is -2.10. The SMILES string of the molecule is CNC(C=O)Cc1cc2cc(OC)c(OC)cc2oc1=O. The highest BCUT2D eigenvalue weighted by Crippen LogP contribution is 2.31. The van der Waals surface area contributed by atoms with Gasteiger partial charge in [-0.3, -0.25) is 0 Å². The van der Waals surface area contributed by atoms with Crippen molar-refractivity contribution in [1.29, 1.82) is 0 Å². The second-order valence-corrected chi connectivity index (χ2v) is 4.54. The van der Waals surface area contributed by atoms with E-state index in [2.05, 4.69) is 5.32 Å². The van der Waals surface area contributed by atoms with Crippen molar-refractivity contribution >= 4 is 17.3 Å². The molecule has 0 saturated carbocycles. The number of nitrogens with one attached hydrogen (secondary N) is 1. The number of ether oxygens (including phenoxy) is 2. The second-order valence-electron chi connectivity index (χ2n) is 4.54. The largest absolute Gasteiger partial charge is 0.493 e. The van der Waals surface area contributed by atoms with Crippen LogP contribution in [0.3, 0.4) is 0 Å². The summed E-state index contributed by atoms with van der Waals surface area (Å²) < 4.78 is 15.7. The summed E-state index contributed by atoms with van der Waals surface area (Å²) in [4.78, 5) is 22.8. The summed E-state index contributed by atoms with van der Waals surface area (Å²) in [6.45, 7) is 0. The van der Waals surface area contributed by atoms with Crippen molar-refractivity contribution in [1.82, 2.24) is 5.32 Å². The minimum absolute atomic E-state index is 0.270. The van der Waals surface area contributed by atoms with Crippen LogP contribution < -0.4 is 20.4 Å². The van der Waals surface area contributed by atoms with Crippen LogP contribution in [-0.4, -0.2) is 33.6 Å². The first-order valence-electron chi connectivity index (χ1n) is 6.44. The van der Waals surface area contributed by atoms with Gasteiger partial charge >= 0.3 is 5.63 Å². The van der Waals surface area contributed by atoms with Gasteiger partial charge in [-0.2, -0.15) is 0 Å². The van der Waals surface area contributed by atoms with E-state index in [1.165, 1.54) is 14.2 Å². The van der Waals surface area contributed by atoms with Gasteiger partial charge < -0.3 is 24.0 Å². The maximum Gasteiger partial charge on any atom is 0.339 e. The Labute approximate surface area is 121 Å². The number of rotatable bonds is 6. The fraction of sp³-hybridized carbons (Fsp3) is 0.333. The number of fused-ring (bicyclic) bond motifs is 1. The van der Waals surface area contributed by atoms with Crippen LogP contribution in [0.4, 0.5) is 0 Å². The van der Waals surface area contributed by atoms with Crippen molar-refractivity contribution in [3.05, 3.63) is 34.2 Å². The predicted octanol–water partition coefficient (Wildman–Crippen LogP) is 1.14. The Morgan fingerprint density at radius 1 is 1.24 bits per heavy atom. The molecule has 0 fully saturated rings. The summed E-state index contributed by atoms with van der Waals surface area (Å²) in [7, 11) is 4.71. The van der Waals surface area contributed by atoms with Crippen LogP contribution in [0.2, 0.25) is 0 Å². The van der Waals surface area contributed by atoms with E-state index in [0.717, 1.165) is 6.29 Å². The highest BCUT2D eigenvalue weighted by atomic mass is 16.5. The molecule has 0 spiro atoms. The van der Waals surface area contributed by atoms with Gasteiger partial charge in [0.2, 0.25) is 0 Å². The van der Waals surface area contributed by atoms with Crippen LogP contribution in [0.25, 0.3) is 11.0 Å². The molecular formula is C15H17NO5. The number of hydrogen-bond acceptors (Lipinski definition) is 6. The molecule has 21 heavy (non-hydrogen) atoms. The van der Waals surface area contributed by atoms with Crippen molar-refractivity contribution in [2.75, 3.05) is 21.3 Å². The van der Waals surface area contributed by atoms with E-state index in [1.54, 1.807) is 25.2 Å². The molecule has 1 N–H and O–H groups in total. The summed E-state index contributed by atoms with van der Waals surface area (Å²) in [6.07, 6.45) is 1.03. The number of methoxy groups -OCH3 is 2. The highest BCUT2D eigenvalue weighted by molar-refractivity contribution is 5.81. The van der Waals surface area contributed by atoms with E-state index >= 15 is 0 Å². The lowest BCUT2D eigenvalue weighted by molar-refractivity contribution is -0.109. The van der Waals surface area contributed by atoms with Gasteiger partial charge in [0.05, 0.1) is 20.3 Å². The van der Waals surface area contributed by atoms with Gasteiger partial charge in [0.1, 0.15) is 11.9 Å². The van der Waals surface area contributed by atoms with Crippen LogP contribution in [-0.2, 0) is 11.2 Å². The molecule has 0 saturated heterocycles. The maximum absolute atomic E-state index is 12.0. The molecule has 0 aliphatic heterocycles. The quantitative estimate of drug-likeness (QED) is 0.635. The van der Waals surface area contributed by atoms with Crippen molar-refractivity contribution in [3.8, 4) is 11.5 Å². The zero-order valence-electron chi connectivity index (χ0n) is 12.1. The third-order valence-corrected chi connectivity index (χ3v) is 3.29. The average Bonchev–Trinajstić information content (AvgIpc) is 2.51. The van der Waals surface area contributed by atoms with Gasteiger partial charge in [0, 0.05) is 23.4 Å². The third kappa shape index (κ3) is 3.05. The number of likely N-dealkylation sites (N-methyl/N-ethyl adjacent to an activating group) is 1. The molecule has 1 atom stereocenters. The van der Waals surface area contributed by atoms with Crippen LogP contribution >= 0.6 is 0 Å². The number of carbonyl (C=O) groups is 1. The molecule has 112 valence electrons. The second kappa shape index (κ2) is 6.41. The molecule has 1 unspecified atom stereocenters. The van der Waals surface area contributed by atoms with Crippen LogP contribution in [0, 0.1) is 0 Å². The number of aldehydes is 1. The lowest BCUT2D eigenvalue weighted by Crippen LogP contribution is -2.30. The number of benzene rings is 1. The molecule has 0 bridgehead atoms. The number of hydrogen-bond donors (Lipinski definition) is 1. The van der Waals surface area contributed by atoms with Crippen molar-refractivity contribution in [2.24, 2.45) is 0 Å². The Kier molecular flexibility index (Phi) is 4.59. The zero-order chi connectivity index (χ0) is 15.4. The molecule has 2 rings (SSSR count). The average molecular weight is 291 g/mol. The lowest BCUT2D eigenvalue weighted by atomic mass is 10.1. The molecule has 0 aliphatic carbocycles. The van der Waals surface area contributed by atoms with Gasteiger partial charge in [-0.05, 0) is 19.2 Å². The summed E-state index contributed by atoms with van der Waals surface area (Å²) in [6, 6.07) is 4.62. The fourth-order valence-corrected chi connectivity index (χ4v) is 2.09. The van der Waals surface area contributed by atoms with Crippen molar-refractivity contribution < 1.29 is 18.7 Å². The van der Waals surface area contributed by atoms with Gasteiger partial charge in [-0.25, -0.2) is 4.79 Å². The van der Waals surface area contributed by atoms with E-state index in [0.29, 0.717) is 28.0 Å². The molecule has 0 amide bonds. The van der Waals surface area contributed by atoms with Gasteiger partial charge in [-0.15, -0.1) is 0 Å². The molecule has 1 aromatic heterocycles. The minimum Gasteiger partial charge on any atom is -0.493 e. The Morgan fingerprint density at radius 3 is 2.48 bits per heavy atom. The van der Waals surface area contributed by atoms with Crippen LogP contribution in [0.1, 0.15) is 5.56 Å². The third-order valence-electron chi connectivity index (χ3n) is 3.29. The molecular weight excluding hydrogens is 274 g/mol. The first-order valence-corrected chi connectivity index (χ1v) is 6.44. The van der Waals surface area contributed by atoms with E-state index in [4.69, 9.17) is 13.9 Å². The molecule has 6 nitrogen and oxygen atoms in total. The molecule has 6 heteroatoms. The first-order chi connectivity index (χ1) is 10.1. The van der Waals surface area contributed by atoms with E-state index in [-0.39, 0.29) is 6.42 Å². The zero-order valence-corrected chi connectivity index (χ0v) is 12.1. The molecule has 1 aromatic carbocycles. The van der Waals surface area contributed by atoms with E-state index in [1.807, 2.05) is 0 Å². The fourth-order valence-electron chi connectivity index (χ4n) is 2.09. The normalized spacial score (nSPS) is 12.1.